The van der Waals surface area contributed by atoms with Gasteiger partial charge in [-0.1, -0.05) is 94.9 Å². The third kappa shape index (κ3) is 19.4. The number of fused-ring (bicyclic) bond motifs is 4. The molecule has 15 nitrogen and oxygen atoms in total. The van der Waals surface area contributed by atoms with E-state index in [0.29, 0.717) is 17.9 Å². The number of hydrogen-bond acceptors (Lipinski definition) is 15. The largest absolute Gasteiger partial charge is 0.349 e. The smallest absolute Gasteiger partial charge is 0.232 e. The summed E-state index contributed by atoms with van der Waals surface area (Å²) in [5.74, 6) is 4.74. The quantitative estimate of drug-likeness (QED) is 0.208. The van der Waals surface area contributed by atoms with Crippen LogP contribution in [0.4, 0.5) is 35.7 Å². The fraction of sp³-hybridized carbons (Fsp3) is 0.918. The molecule has 6 heterocycles. The first-order chi connectivity index (χ1) is 40.0. The maximum absolute atomic E-state index is 5.84. The molecule has 504 valence electrons. The highest BCUT2D eigenvalue weighted by Gasteiger charge is 2.49. The van der Waals surface area contributed by atoms with Crippen LogP contribution in [0.5, 0.6) is 0 Å². The van der Waals surface area contributed by atoms with Crippen LogP contribution in [0.15, 0.2) is 0 Å². The minimum Gasteiger partial charge on any atom is -0.349 e. The van der Waals surface area contributed by atoms with Gasteiger partial charge in [0.2, 0.25) is 35.7 Å². The molecule has 5 aliphatic rings. The molecule has 0 spiro atoms. The Morgan fingerprint density at radius 2 is 0.614 bits per heavy atom. The first-order valence-corrected chi connectivity index (χ1v) is 35.4. The molecule has 3 N–H and O–H groups in total. The van der Waals surface area contributed by atoms with Crippen molar-refractivity contribution in [2.45, 2.75) is 370 Å². The van der Waals surface area contributed by atoms with E-state index in [4.69, 9.17) is 29.9 Å². The summed E-state index contributed by atoms with van der Waals surface area (Å²) in [5.41, 5.74) is -0.129. The summed E-state index contributed by atoms with van der Waals surface area (Å²) in [4.78, 5) is 50.0. The van der Waals surface area contributed by atoms with Gasteiger partial charge in [-0.3, -0.25) is 9.80 Å². The number of aromatic nitrogens is 6. The molecule has 4 fully saturated rings. The highest BCUT2D eigenvalue weighted by molar-refractivity contribution is 5.50. The van der Waals surface area contributed by atoms with E-state index < -0.39 is 0 Å². The van der Waals surface area contributed by atoms with Gasteiger partial charge in [-0.2, -0.15) is 29.9 Å². The summed E-state index contributed by atoms with van der Waals surface area (Å²) in [6.07, 6.45) is 20.1. The summed E-state index contributed by atoms with van der Waals surface area (Å²) in [7, 11) is 4.66. The van der Waals surface area contributed by atoms with E-state index in [1.807, 2.05) is 0 Å². The second kappa shape index (κ2) is 25.9. The van der Waals surface area contributed by atoms with Crippen molar-refractivity contribution >= 4 is 35.7 Å². The molecule has 2 aromatic rings. The predicted molar refractivity (Wildman–Crippen MR) is 377 cm³/mol. The Labute approximate surface area is 540 Å². The lowest BCUT2D eigenvalue weighted by molar-refractivity contribution is -0.0132. The summed E-state index contributed by atoms with van der Waals surface area (Å²) < 4.78 is 0. The molecule has 0 aromatic carbocycles. The Balaban J connectivity index is 1.38. The van der Waals surface area contributed by atoms with E-state index in [9.17, 15) is 0 Å². The van der Waals surface area contributed by atoms with Gasteiger partial charge >= 0.3 is 0 Å². The van der Waals surface area contributed by atoms with Gasteiger partial charge in [0.1, 0.15) is 0 Å². The Kier molecular flexibility index (Phi) is 21.2. The van der Waals surface area contributed by atoms with Gasteiger partial charge in [0.25, 0.3) is 0 Å². The highest BCUT2D eigenvalue weighted by Crippen LogP contribution is 2.49. The standard InChI is InChI=1S/C73H137N15/c1-62(2,3)49-68(15,16)80-56-74-58-78-60(76-56)87(54-45-70(19,20)83(27)71(21,22)46-54)39-36-32-30-34-38-86(53-43-66(11,12)82-67(13,14)44-53)59-75-57(81-69(17,18)50-63(4,5)6)77-61(79-59)88(55-47-72(23,24)84(28)73(25,26)48-55)40-35-31-29-33-37-85(58)52-41-64(7,8)51-65(9,10)42-52/h52-55,82H,29-51H2,1-28H3,(H,74,76,78,80)(H,75,77,79,81). The van der Waals surface area contributed by atoms with Crippen LogP contribution in [0.1, 0.15) is 302 Å². The van der Waals surface area contributed by atoms with Crippen LogP contribution < -0.4 is 35.6 Å². The molecular formula is C73H137N15. The normalized spacial score (nSPS) is 25.4. The first-order valence-electron chi connectivity index (χ1n) is 35.4. The van der Waals surface area contributed by atoms with E-state index in [0.717, 1.165) is 166 Å². The molecule has 0 unspecified atom stereocenters. The maximum atomic E-state index is 5.84. The van der Waals surface area contributed by atoms with Crippen LogP contribution in [-0.2, 0) is 0 Å². The molecule has 0 atom stereocenters. The van der Waals surface area contributed by atoms with E-state index in [1.165, 1.54) is 6.42 Å². The fourth-order valence-electron chi connectivity index (χ4n) is 18.9. The zero-order chi connectivity index (χ0) is 65.9. The Morgan fingerprint density at radius 3 is 0.875 bits per heavy atom. The van der Waals surface area contributed by atoms with Gasteiger partial charge < -0.3 is 35.6 Å². The fourth-order valence-corrected chi connectivity index (χ4v) is 18.9. The van der Waals surface area contributed by atoms with Crippen molar-refractivity contribution in [3.8, 4) is 0 Å². The van der Waals surface area contributed by atoms with Crippen molar-refractivity contribution in [1.82, 2.24) is 45.0 Å². The van der Waals surface area contributed by atoms with Gasteiger partial charge in [0.05, 0.1) is 0 Å². The van der Waals surface area contributed by atoms with Crippen molar-refractivity contribution in [3.63, 3.8) is 0 Å². The molecule has 4 bridgehead atoms. The minimum atomic E-state index is -0.255. The monoisotopic (exact) mass is 1220 g/mol. The number of anilines is 6. The Bertz CT molecular complexity index is 2370. The van der Waals surface area contributed by atoms with Crippen molar-refractivity contribution in [2.24, 2.45) is 21.7 Å². The second-order valence-corrected chi connectivity index (χ2v) is 38.6. The van der Waals surface area contributed by atoms with Crippen molar-refractivity contribution < 1.29 is 0 Å². The van der Waals surface area contributed by atoms with Crippen molar-refractivity contribution in [3.05, 3.63) is 0 Å². The Hall–Kier alpha value is -3.30. The molecule has 1 aliphatic carbocycles. The van der Waals surface area contributed by atoms with E-state index in [-0.39, 0.29) is 84.1 Å². The lowest BCUT2D eigenvalue weighted by Crippen LogP contribution is -2.63. The lowest BCUT2D eigenvalue weighted by atomic mass is 9.63. The molecule has 0 amide bonds. The molecule has 2 aromatic heterocycles. The van der Waals surface area contributed by atoms with Gasteiger partial charge in [-0.15, -0.1) is 0 Å². The van der Waals surface area contributed by atoms with Gasteiger partial charge in [-0.05, 0) is 243 Å². The molecule has 1 saturated carbocycles. The van der Waals surface area contributed by atoms with E-state index in [2.05, 4.69) is 239 Å². The van der Waals surface area contributed by atoms with Gasteiger partial charge in [0, 0.05) is 94.7 Å². The second-order valence-electron chi connectivity index (χ2n) is 38.6. The summed E-state index contributed by atoms with van der Waals surface area (Å²) in [5, 5.41) is 12.0. The average molecular weight is 1230 g/mol. The topological polar surface area (TPSA) is 133 Å². The van der Waals surface area contributed by atoms with Crippen LogP contribution >= 0.6 is 0 Å². The third-order valence-electron chi connectivity index (χ3n) is 21.2. The molecule has 3 saturated heterocycles. The SMILES string of the molecule is CN1C(C)(C)CC(N2CCCCCCN(C3CC(C)(C)NC(C)(C)C3)c3nc(NC(C)(C)CC(C)(C)C)nc(n3)N(C3CC(C)(C)N(C)C(C)(C)C3)CCCCCCN(C3CC(C)(C)CC(C)(C)C3)c3nc(NC(C)(C)CC(C)(C)C)nc2n3)CC1(C)C. The molecule has 0 radical (unpaired) electrons. The number of nitrogens with zero attached hydrogens (tertiary/aromatic N) is 12. The maximum Gasteiger partial charge on any atom is 0.232 e. The molecule has 15 heteroatoms. The molecular weight excluding hydrogens is 1090 g/mol. The van der Waals surface area contributed by atoms with Gasteiger partial charge in [-0.25, -0.2) is 0 Å². The lowest BCUT2D eigenvalue weighted by Gasteiger charge is -2.55. The van der Waals surface area contributed by atoms with Crippen molar-refractivity contribution in [1.29, 1.82) is 0 Å². The van der Waals surface area contributed by atoms with Crippen LogP contribution in [0.2, 0.25) is 0 Å². The number of nitrogens with one attached hydrogen (secondary N) is 3. The van der Waals surface area contributed by atoms with Crippen LogP contribution in [-0.4, -0.2) is 148 Å². The molecule has 7 rings (SSSR count). The average Bonchev–Trinajstić information content (AvgIpc) is 1.67. The van der Waals surface area contributed by atoms with Crippen LogP contribution in [0.3, 0.4) is 0 Å². The Morgan fingerprint density at radius 1 is 0.364 bits per heavy atom. The summed E-state index contributed by atoms with van der Waals surface area (Å²) in [6, 6.07) is 1.04. The zero-order valence-corrected chi connectivity index (χ0v) is 62.4. The van der Waals surface area contributed by atoms with Crippen molar-refractivity contribution in [2.75, 3.05) is 70.5 Å². The summed E-state index contributed by atoms with van der Waals surface area (Å²) >= 11 is 0. The number of likely N-dealkylation sites (tertiary alicyclic amines) is 2. The number of rotatable bonds is 10. The summed E-state index contributed by atoms with van der Waals surface area (Å²) in [6.45, 7) is 66.0. The van der Waals surface area contributed by atoms with E-state index in [1.54, 1.807) is 0 Å². The zero-order valence-electron chi connectivity index (χ0n) is 62.4. The third-order valence-corrected chi connectivity index (χ3v) is 21.2. The number of piperidine rings is 3. The predicted octanol–water partition coefficient (Wildman–Crippen LogP) is 16.6. The first kappa shape index (κ1) is 72.1. The molecule has 88 heavy (non-hydrogen) atoms. The minimum absolute atomic E-state index is 0.0185. The number of hydrogen-bond donors (Lipinski definition) is 3. The van der Waals surface area contributed by atoms with Crippen LogP contribution in [0.25, 0.3) is 0 Å². The van der Waals surface area contributed by atoms with Gasteiger partial charge in [0.15, 0.2) is 0 Å². The molecule has 4 aliphatic heterocycles. The van der Waals surface area contributed by atoms with Crippen LogP contribution in [0, 0.1) is 21.7 Å². The van der Waals surface area contributed by atoms with E-state index >= 15 is 0 Å². The highest BCUT2D eigenvalue weighted by atomic mass is 15.4.